The highest BCUT2D eigenvalue weighted by molar-refractivity contribution is 8.00. The van der Waals surface area contributed by atoms with Crippen LogP contribution in [0.4, 0.5) is 0 Å². The van der Waals surface area contributed by atoms with Gasteiger partial charge in [0.1, 0.15) is 0 Å². The maximum atomic E-state index is 11.8. The van der Waals surface area contributed by atoms with Crippen LogP contribution in [0.25, 0.3) is 0 Å². The Morgan fingerprint density at radius 2 is 1.86 bits per heavy atom. The summed E-state index contributed by atoms with van der Waals surface area (Å²) in [6, 6.07) is 8.66. The molecular formula is C17H28N2OS. The fourth-order valence-corrected chi connectivity index (χ4v) is 2.43. The summed E-state index contributed by atoms with van der Waals surface area (Å²) >= 11 is 1.59. The van der Waals surface area contributed by atoms with Gasteiger partial charge in [0.05, 0.1) is 5.75 Å². The van der Waals surface area contributed by atoms with E-state index in [2.05, 4.69) is 55.7 Å². The Morgan fingerprint density at radius 3 is 2.43 bits per heavy atom. The molecule has 21 heavy (non-hydrogen) atoms. The third kappa shape index (κ3) is 7.53. The van der Waals surface area contributed by atoms with E-state index < -0.39 is 0 Å². The first-order valence-corrected chi connectivity index (χ1v) is 8.73. The fourth-order valence-electron chi connectivity index (χ4n) is 1.72. The Morgan fingerprint density at radius 1 is 1.19 bits per heavy atom. The molecule has 2 N–H and O–H groups in total. The predicted molar refractivity (Wildman–Crippen MR) is 91.6 cm³/mol. The molecule has 0 heterocycles. The first kappa shape index (κ1) is 18.1. The summed E-state index contributed by atoms with van der Waals surface area (Å²) in [5.74, 6) is 1.05. The molecule has 0 fully saturated rings. The molecule has 1 atom stereocenters. The van der Waals surface area contributed by atoms with Crippen molar-refractivity contribution in [2.24, 2.45) is 5.92 Å². The van der Waals surface area contributed by atoms with Crippen LogP contribution in [0.5, 0.6) is 0 Å². The van der Waals surface area contributed by atoms with E-state index in [0.29, 0.717) is 11.7 Å². The minimum Gasteiger partial charge on any atom is -0.353 e. The van der Waals surface area contributed by atoms with Gasteiger partial charge in [-0.25, -0.2) is 0 Å². The number of hydrogen-bond donors (Lipinski definition) is 2. The highest BCUT2D eigenvalue weighted by atomic mass is 32.2. The minimum absolute atomic E-state index is 0.106. The van der Waals surface area contributed by atoms with E-state index in [1.807, 2.05) is 6.92 Å². The van der Waals surface area contributed by atoms with Gasteiger partial charge in [-0.3, -0.25) is 4.79 Å². The van der Waals surface area contributed by atoms with Crippen LogP contribution in [-0.2, 0) is 11.3 Å². The molecule has 0 spiro atoms. The lowest BCUT2D eigenvalue weighted by molar-refractivity contribution is -0.119. The van der Waals surface area contributed by atoms with Gasteiger partial charge >= 0.3 is 0 Å². The van der Waals surface area contributed by atoms with Crippen LogP contribution in [0, 0.1) is 5.92 Å². The number of amides is 1. The molecular weight excluding hydrogens is 280 g/mol. The van der Waals surface area contributed by atoms with Gasteiger partial charge in [0.2, 0.25) is 5.91 Å². The summed E-state index contributed by atoms with van der Waals surface area (Å²) in [4.78, 5) is 13.0. The Hall–Kier alpha value is -1.00. The number of rotatable bonds is 9. The standard InChI is InChI=1S/C17H28N2OS/c1-5-10-18-11-15-6-8-16(9-7-15)21-12-17(20)19-14(4)13(2)3/h6-9,13-14,18H,5,10-12H2,1-4H3,(H,19,20). The summed E-state index contributed by atoms with van der Waals surface area (Å²) in [5.41, 5.74) is 1.28. The van der Waals surface area contributed by atoms with Gasteiger partial charge in [-0.15, -0.1) is 11.8 Å². The molecule has 1 aromatic carbocycles. The highest BCUT2D eigenvalue weighted by Gasteiger charge is 2.10. The monoisotopic (exact) mass is 308 g/mol. The second-order valence-electron chi connectivity index (χ2n) is 5.71. The molecule has 4 heteroatoms. The molecule has 0 saturated heterocycles. The minimum atomic E-state index is 0.106. The van der Waals surface area contributed by atoms with Crippen molar-refractivity contribution < 1.29 is 4.79 Å². The predicted octanol–water partition coefficient (Wildman–Crippen LogP) is 3.44. The number of carbonyl (C=O) groups is 1. The smallest absolute Gasteiger partial charge is 0.230 e. The van der Waals surface area contributed by atoms with Crippen molar-refractivity contribution in [3.63, 3.8) is 0 Å². The van der Waals surface area contributed by atoms with Crippen LogP contribution in [0.1, 0.15) is 39.7 Å². The van der Waals surface area contributed by atoms with E-state index in [4.69, 9.17) is 0 Å². The van der Waals surface area contributed by atoms with Gasteiger partial charge in [-0.2, -0.15) is 0 Å². The average Bonchev–Trinajstić information content (AvgIpc) is 2.46. The lowest BCUT2D eigenvalue weighted by Gasteiger charge is -2.17. The van der Waals surface area contributed by atoms with Crippen molar-refractivity contribution in [1.29, 1.82) is 0 Å². The van der Waals surface area contributed by atoms with Crippen LogP contribution < -0.4 is 10.6 Å². The van der Waals surface area contributed by atoms with Gasteiger partial charge in [0, 0.05) is 17.5 Å². The first-order chi connectivity index (χ1) is 10.0. The summed E-state index contributed by atoms with van der Waals surface area (Å²) < 4.78 is 0. The molecule has 1 unspecified atom stereocenters. The van der Waals surface area contributed by atoms with Crippen LogP contribution in [-0.4, -0.2) is 24.2 Å². The molecule has 0 aromatic heterocycles. The molecule has 1 rings (SSSR count). The summed E-state index contributed by atoms with van der Waals surface area (Å²) in [6.07, 6.45) is 1.15. The lowest BCUT2D eigenvalue weighted by atomic mass is 10.1. The largest absolute Gasteiger partial charge is 0.353 e. The maximum Gasteiger partial charge on any atom is 0.230 e. The highest BCUT2D eigenvalue weighted by Crippen LogP contribution is 2.18. The quantitative estimate of drug-likeness (QED) is 0.542. The molecule has 1 amide bonds. The van der Waals surface area contributed by atoms with E-state index in [1.54, 1.807) is 11.8 Å². The third-order valence-corrected chi connectivity index (χ3v) is 4.45. The Bertz CT molecular complexity index is 417. The van der Waals surface area contributed by atoms with Gasteiger partial charge in [0.15, 0.2) is 0 Å². The summed E-state index contributed by atoms with van der Waals surface area (Å²) in [6.45, 7) is 10.4. The van der Waals surface area contributed by atoms with Gasteiger partial charge in [0.25, 0.3) is 0 Å². The van der Waals surface area contributed by atoms with Crippen LogP contribution in [0.3, 0.4) is 0 Å². The Labute approximate surface area is 133 Å². The average molecular weight is 308 g/mol. The lowest BCUT2D eigenvalue weighted by Crippen LogP contribution is -2.37. The second-order valence-corrected chi connectivity index (χ2v) is 6.76. The van der Waals surface area contributed by atoms with Crippen LogP contribution >= 0.6 is 11.8 Å². The van der Waals surface area contributed by atoms with E-state index in [-0.39, 0.29) is 11.9 Å². The first-order valence-electron chi connectivity index (χ1n) is 7.74. The zero-order valence-electron chi connectivity index (χ0n) is 13.6. The zero-order chi connectivity index (χ0) is 15.7. The van der Waals surface area contributed by atoms with Gasteiger partial charge in [-0.1, -0.05) is 32.9 Å². The molecule has 0 aliphatic carbocycles. The van der Waals surface area contributed by atoms with Crippen LogP contribution in [0.2, 0.25) is 0 Å². The fraction of sp³-hybridized carbons (Fsp3) is 0.588. The van der Waals surface area contributed by atoms with Crippen molar-refractivity contribution in [2.75, 3.05) is 12.3 Å². The van der Waals surface area contributed by atoms with Crippen molar-refractivity contribution in [3.8, 4) is 0 Å². The van der Waals surface area contributed by atoms with Crippen molar-refractivity contribution >= 4 is 17.7 Å². The van der Waals surface area contributed by atoms with E-state index in [9.17, 15) is 4.79 Å². The summed E-state index contributed by atoms with van der Waals surface area (Å²) in [5, 5.41) is 6.41. The molecule has 0 radical (unpaired) electrons. The molecule has 0 saturated carbocycles. The second kappa shape index (κ2) is 9.85. The normalized spacial score (nSPS) is 12.4. The molecule has 0 aliphatic rings. The molecule has 3 nitrogen and oxygen atoms in total. The zero-order valence-corrected chi connectivity index (χ0v) is 14.4. The number of nitrogens with one attached hydrogen (secondary N) is 2. The number of carbonyl (C=O) groups excluding carboxylic acids is 1. The summed E-state index contributed by atoms with van der Waals surface area (Å²) in [7, 11) is 0. The molecule has 1 aromatic rings. The van der Waals surface area contributed by atoms with E-state index >= 15 is 0 Å². The molecule has 118 valence electrons. The van der Waals surface area contributed by atoms with Crippen molar-refractivity contribution in [3.05, 3.63) is 29.8 Å². The Balaban J connectivity index is 2.33. The SMILES string of the molecule is CCCNCc1ccc(SCC(=O)NC(C)C(C)C)cc1. The number of benzene rings is 1. The molecule has 0 bridgehead atoms. The van der Waals surface area contributed by atoms with Crippen molar-refractivity contribution in [2.45, 2.75) is 51.6 Å². The Kier molecular flexibility index (Phi) is 8.47. The van der Waals surface area contributed by atoms with Gasteiger partial charge in [-0.05, 0) is 43.5 Å². The third-order valence-electron chi connectivity index (χ3n) is 3.44. The number of hydrogen-bond acceptors (Lipinski definition) is 3. The van der Waals surface area contributed by atoms with E-state index in [1.165, 1.54) is 5.56 Å². The van der Waals surface area contributed by atoms with Gasteiger partial charge < -0.3 is 10.6 Å². The molecule has 0 aliphatic heterocycles. The topological polar surface area (TPSA) is 41.1 Å². The van der Waals surface area contributed by atoms with Crippen LogP contribution in [0.15, 0.2) is 29.2 Å². The maximum absolute atomic E-state index is 11.8. The number of thioether (sulfide) groups is 1. The van der Waals surface area contributed by atoms with E-state index in [0.717, 1.165) is 24.4 Å². The van der Waals surface area contributed by atoms with Crippen molar-refractivity contribution in [1.82, 2.24) is 10.6 Å².